The molecule has 0 fully saturated rings. The van der Waals surface area contributed by atoms with Crippen molar-refractivity contribution in [1.82, 2.24) is 9.55 Å². The molecule has 1 aliphatic rings. The highest BCUT2D eigenvalue weighted by Gasteiger charge is 2.16. The van der Waals surface area contributed by atoms with Crippen LogP contribution in [0.4, 0.5) is 16.2 Å². The third kappa shape index (κ3) is 2.88. The molecule has 2 aromatic carbocycles. The zero-order valence-electron chi connectivity index (χ0n) is 13.2. The zero-order chi connectivity index (χ0) is 16.4. The molecule has 4 rings (SSSR count). The van der Waals surface area contributed by atoms with Crippen LogP contribution in [0.15, 0.2) is 60.8 Å². The number of imidazole rings is 1. The summed E-state index contributed by atoms with van der Waals surface area (Å²) in [7, 11) is 0. The van der Waals surface area contributed by atoms with E-state index < -0.39 is 0 Å². The van der Waals surface area contributed by atoms with E-state index >= 15 is 0 Å². The SMILES string of the molecule is O=C(Nc1ccccc1)Nc1ccc(-c2cnc3n2CCC3)cc1. The van der Waals surface area contributed by atoms with Crippen LogP contribution in [0.5, 0.6) is 0 Å². The zero-order valence-corrected chi connectivity index (χ0v) is 13.2. The summed E-state index contributed by atoms with van der Waals surface area (Å²) >= 11 is 0. The summed E-state index contributed by atoms with van der Waals surface area (Å²) in [4.78, 5) is 16.5. The number of para-hydroxylation sites is 1. The second-order valence-electron chi connectivity index (χ2n) is 5.84. The van der Waals surface area contributed by atoms with Crippen LogP contribution < -0.4 is 10.6 Å². The van der Waals surface area contributed by atoms with Crippen LogP contribution in [-0.2, 0) is 13.0 Å². The Kier molecular flexibility index (Phi) is 3.75. The first kappa shape index (κ1) is 14.5. The molecule has 0 atom stereocenters. The van der Waals surface area contributed by atoms with Gasteiger partial charge in [0.2, 0.25) is 0 Å². The number of hydrogen-bond acceptors (Lipinski definition) is 2. The number of aryl methyl sites for hydroxylation is 1. The van der Waals surface area contributed by atoms with Crippen LogP contribution in [0.2, 0.25) is 0 Å². The summed E-state index contributed by atoms with van der Waals surface area (Å²) in [5.41, 5.74) is 3.78. The van der Waals surface area contributed by atoms with Gasteiger partial charge in [-0.25, -0.2) is 9.78 Å². The van der Waals surface area contributed by atoms with Crippen LogP contribution in [-0.4, -0.2) is 15.6 Å². The van der Waals surface area contributed by atoms with Crippen molar-refractivity contribution in [2.24, 2.45) is 0 Å². The first-order chi connectivity index (χ1) is 11.8. The number of rotatable bonds is 3. The fourth-order valence-corrected chi connectivity index (χ4v) is 3.03. The quantitative estimate of drug-likeness (QED) is 0.762. The van der Waals surface area contributed by atoms with Crippen molar-refractivity contribution < 1.29 is 4.79 Å². The summed E-state index contributed by atoms with van der Waals surface area (Å²) in [5, 5.41) is 5.65. The van der Waals surface area contributed by atoms with Gasteiger partial charge in [0.1, 0.15) is 5.82 Å². The normalized spacial score (nSPS) is 12.7. The van der Waals surface area contributed by atoms with Gasteiger partial charge in [0.05, 0.1) is 11.9 Å². The molecule has 0 bridgehead atoms. The summed E-state index contributed by atoms with van der Waals surface area (Å²) < 4.78 is 2.27. The Balaban J connectivity index is 1.45. The lowest BCUT2D eigenvalue weighted by molar-refractivity contribution is 0.262. The minimum atomic E-state index is -0.251. The average molecular weight is 318 g/mol. The average Bonchev–Trinajstić information content (AvgIpc) is 3.20. The van der Waals surface area contributed by atoms with E-state index in [1.165, 1.54) is 0 Å². The minimum absolute atomic E-state index is 0.251. The Morgan fingerprint density at radius 2 is 1.67 bits per heavy atom. The third-order valence-corrected chi connectivity index (χ3v) is 4.19. The van der Waals surface area contributed by atoms with Crippen molar-refractivity contribution in [2.45, 2.75) is 19.4 Å². The highest BCUT2D eigenvalue weighted by molar-refractivity contribution is 5.99. The predicted octanol–water partition coefficient (Wildman–Crippen LogP) is 4.14. The highest BCUT2D eigenvalue weighted by atomic mass is 16.2. The van der Waals surface area contributed by atoms with Crippen molar-refractivity contribution in [1.29, 1.82) is 0 Å². The second-order valence-corrected chi connectivity index (χ2v) is 5.84. The molecular formula is C19H18N4O. The van der Waals surface area contributed by atoms with Crippen LogP contribution in [0, 0.1) is 0 Å². The number of hydrogen-bond donors (Lipinski definition) is 2. The standard InChI is InChI=1S/C19H18N4O/c24-19(21-15-5-2-1-3-6-15)22-16-10-8-14(9-11-16)17-13-20-18-7-4-12-23(17)18/h1-3,5-6,8-11,13H,4,7,12H2,(H2,21,22,24). The minimum Gasteiger partial charge on any atom is -0.328 e. The fourth-order valence-electron chi connectivity index (χ4n) is 3.03. The van der Waals surface area contributed by atoms with E-state index in [4.69, 9.17) is 0 Å². The van der Waals surface area contributed by atoms with E-state index in [9.17, 15) is 4.79 Å². The van der Waals surface area contributed by atoms with E-state index in [2.05, 4.69) is 20.2 Å². The van der Waals surface area contributed by atoms with E-state index in [1.807, 2.05) is 60.8 Å². The number of nitrogens with one attached hydrogen (secondary N) is 2. The molecule has 5 nitrogen and oxygen atoms in total. The number of carbonyl (C=O) groups excluding carboxylic acids is 1. The Labute approximate surface area is 140 Å². The van der Waals surface area contributed by atoms with Gasteiger partial charge in [-0.2, -0.15) is 0 Å². The highest BCUT2D eigenvalue weighted by Crippen LogP contribution is 2.26. The van der Waals surface area contributed by atoms with Gasteiger partial charge >= 0.3 is 6.03 Å². The number of amides is 2. The molecule has 5 heteroatoms. The molecule has 0 unspecified atom stereocenters. The fraction of sp³-hybridized carbons (Fsp3) is 0.158. The molecule has 3 aromatic rings. The maximum Gasteiger partial charge on any atom is 0.323 e. The number of fused-ring (bicyclic) bond motifs is 1. The van der Waals surface area contributed by atoms with E-state index in [0.29, 0.717) is 0 Å². The lowest BCUT2D eigenvalue weighted by Crippen LogP contribution is -2.19. The molecule has 2 N–H and O–H groups in total. The molecule has 0 radical (unpaired) electrons. The molecule has 1 aliphatic heterocycles. The summed E-state index contributed by atoms with van der Waals surface area (Å²) in [6.45, 7) is 1.03. The van der Waals surface area contributed by atoms with Gasteiger partial charge < -0.3 is 15.2 Å². The van der Waals surface area contributed by atoms with Crippen molar-refractivity contribution in [3.8, 4) is 11.3 Å². The molecule has 1 aromatic heterocycles. The Morgan fingerprint density at radius 3 is 2.42 bits per heavy atom. The molecular weight excluding hydrogens is 300 g/mol. The molecule has 2 amide bonds. The Hall–Kier alpha value is -3.08. The van der Waals surface area contributed by atoms with Gasteiger partial charge in [-0.1, -0.05) is 30.3 Å². The Morgan fingerprint density at radius 1 is 0.958 bits per heavy atom. The van der Waals surface area contributed by atoms with Crippen LogP contribution in [0.3, 0.4) is 0 Å². The van der Waals surface area contributed by atoms with Gasteiger partial charge in [-0.15, -0.1) is 0 Å². The monoisotopic (exact) mass is 318 g/mol. The topological polar surface area (TPSA) is 59.0 Å². The molecule has 120 valence electrons. The second kappa shape index (κ2) is 6.20. The first-order valence-electron chi connectivity index (χ1n) is 8.07. The number of nitrogens with zero attached hydrogens (tertiary/aromatic N) is 2. The maximum atomic E-state index is 12.0. The maximum absolute atomic E-state index is 12.0. The molecule has 0 spiro atoms. The van der Waals surface area contributed by atoms with Crippen LogP contribution in [0.25, 0.3) is 11.3 Å². The largest absolute Gasteiger partial charge is 0.328 e. The lowest BCUT2D eigenvalue weighted by Gasteiger charge is -2.09. The van der Waals surface area contributed by atoms with Crippen molar-refractivity contribution in [2.75, 3.05) is 10.6 Å². The summed E-state index contributed by atoms with van der Waals surface area (Å²) in [6.07, 6.45) is 4.15. The predicted molar refractivity (Wildman–Crippen MR) is 95.1 cm³/mol. The van der Waals surface area contributed by atoms with Crippen LogP contribution >= 0.6 is 0 Å². The molecule has 0 saturated heterocycles. The summed E-state index contributed by atoms with van der Waals surface area (Å²) in [6, 6.07) is 17.0. The summed E-state index contributed by atoms with van der Waals surface area (Å²) in [5.74, 6) is 1.16. The van der Waals surface area contributed by atoms with E-state index in [0.717, 1.165) is 47.8 Å². The smallest absolute Gasteiger partial charge is 0.323 e. The molecule has 0 saturated carbocycles. The van der Waals surface area contributed by atoms with Crippen molar-refractivity contribution in [3.63, 3.8) is 0 Å². The van der Waals surface area contributed by atoms with Crippen LogP contribution in [0.1, 0.15) is 12.2 Å². The van der Waals surface area contributed by atoms with Crippen molar-refractivity contribution >= 4 is 17.4 Å². The van der Waals surface area contributed by atoms with Gasteiger partial charge in [0.25, 0.3) is 0 Å². The van der Waals surface area contributed by atoms with Gasteiger partial charge in [0, 0.05) is 24.3 Å². The van der Waals surface area contributed by atoms with Gasteiger partial charge in [0.15, 0.2) is 0 Å². The molecule has 0 aliphatic carbocycles. The number of benzene rings is 2. The van der Waals surface area contributed by atoms with E-state index in [-0.39, 0.29) is 6.03 Å². The number of anilines is 2. The number of aromatic nitrogens is 2. The van der Waals surface area contributed by atoms with Gasteiger partial charge in [-0.3, -0.25) is 0 Å². The molecule has 24 heavy (non-hydrogen) atoms. The first-order valence-corrected chi connectivity index (χ1v) is 8.07. The third-order valence-electron chi connectivity index (χ3n) is 4.19. The number of urea groups is 1. The number of carbonyl (C=O) groups is 1. The molecule has 2 heterocycles. The van der Waals surface area contributed by atoms with Gasteiger partial charge in [-0.05, 0) is 36.2 Å². The Bertz CT molecular complexity index is 853. The van der Waals surface area contributed by atoms with E-state index in [1.54, 1.807) is 0 Å². The van der Waals surface area contributed by atoms with Crippen molar-refractivity contribution in [3.05, 3.63) is 66.6 Å². The lowest BCUT2D eigenvalue weighted by atomic mass is 10.1.